The zero-order valence-corrected chi connectivity index (χ0v) is 22.8. The van der Waals surface area contributed by atoms with Crippen LogP contribution in [0.5, 0.6) is 0 Å². The van der Waals surface area contributed by atoms with Crippen molar-refractivity contribution >= 4 is 40.5 Å². The van der Waals surface area contributed by atoms with Gasteiger partial charge in [-0.2, -0.15) is 86.4 Å². The minimum absolute atomic E-state index is 0. The first-order valence-electron chi connectivity index (χ1n) is 8.74. The molecule has 0 rings (SSSR count). The van der Waals surface area contributed by atoms with E-state index in [2.05, 4.69) is 0 Å². The molecule has 4 N–H and O–H groups in total. The van der Waals surface area contributed by atoms with E-state index in [4.69, 9.17) is 18.2 Å². The summed E-state index contributed by atoms with van der Waals surface area (Å²) in [7, 11) is -19.9. The van der Waals surface area contributed by atoms with E-state index < -0.39 is 86.2 Å². The molecular formula is C13H24F12O12S4. The van der Waals surface area contributed by atoms with Crippen molar-refractivity contribution < 1.29 is 105 Å². The fourth-order valence-corrected chi connectivity index (χ4v) is 2.03. The standard InChI is InChI=1S/4C3H5F3O3S.CH4/c4*1-2(3(4,5)6)10(7,8)9;/h4*2H,1H3,(H,7,8,9);1H4. The van der Waals surface area contributed by atoms with Crippen molar-refractivity contribution in [3.63, 3.8) is 0 Å². The Morgan fingerprint density at radius 3 is 0.439 bits per heavy atom. The monoisotopic (exact) mass is 728 g/mol. The Morgan fingerprint density at radius 1 is 0.366 bits per heavy atom. The van der Waals surface area contributed by atoms with E-state index in [1.165, 1.54) is 0 Å². The van der Waals surface area contributed by atoms with E-state index in [0.29, 0.717) is 27.7 Å². The Hall–Kier alpha value is -1.20. The van der Waals surface area contributed by atoms with Gasteiger partial charge in [0.15, 0.2) is 21.0 Å². The molecule has 0 aromatic carbocycles. The van der Waals surface area contributed by atoms with Crippen molar-refractivity contribution in [3.8, 4) is 0 Å². The smallest absolute Gasteiger partial charge is 0.285 e. The number of halogens is 12. The van der Waals surface area contributed by atoms with Gasteiger partial charge in [-0.15, -0.1) is 0 Å². The summed E-state index contributed by atoms with van der Waals surface area (Å²) in [6, 6.07) is 0. The van der Waals surface area contributed by atoms with Crippen LogP contribution in [0, 0.1) is 0 Å². The lowest BCUT2D eigenvalue weighted by atomic mass is 10.5. The Morgan fingerprint density at radius 2 is 0.439 bits per heavy atom. The molecule has 28 heteroatoms. The molecule has 0 spiro atoms. The number of alkyl halides is 12. The highest BCUT2D eigenvalue weighted by atomic mass is 32.2. The summed E-state index contributed by atoms with van der Waals surface area (Å²) in [4.78, 5) is 0. The van der Waals surface area contributed by atoms with Crippen LogP contribution in [0.25, 0.3) is 0 Å². The summed E-state index contributed by atoms with van der Waals surface area (Å²) in [6.07, 6.45) is -19.6. The third-order valence-electron chi connectivity index (χ3n) is 3.63. The van der Waals surface area contributed by atoms with Gasteiger partial charge in [0.1, 0.15) is 0 Å². The maximum atomic E-state index is 11.4. The summed E-state index contributed by atoms with van der Waals surface area (Å²) < 4.78 is 247. The molecule has 0 saturated heterocycles. The Bertz CT molecular complexity index is 1010. The first-order valence-corrected chi connectivity index (χ1v) is 14.8. The molecule has 4 unspecified atom stereocenters. The fourth-order valence-electron chi connectivity index (χ4n) is 0.675. The van der Waals surface area contributed by atoms with Gasteiger partial charge >= 0.3 is 24.7 Å². The van der Waals surface area contributed by atoms with Gasteiger partial charge in [-0.1, -0.05) is 7.43 Å². The van der Waals surface area contributed by atoms with E-state index >= 15 is 0 Å². The lowest BCUT2D eigenvalue weighted by Gasteiger charge is -2.10. The van der Waals surface area contributed by atoms with Crippen LogP contribution in [-0.2, 0) is 40.5 Å². The zero-order chi connectivity index (χ0) is 34.3. The molecule has 0 saturated carbocycles. The minimum atomic E-state index is -4.99. The SMILES string of the molecule is C.CC(C(F)(F)F)S(=O)(=O)O.CC(C(F)(F)F)S(=O)(=O)O.CC(C(F)(F)F)S(=O)(=O)O.CC(C(F)(F)F)S(=O)(=O)O. The minimum Gasteiger partial charge on any atom is -0.285 e. The third-order valence-corrected chi connectivity index (χ3v) is 8.27. The van der Waals surface area contributed by atoms with Gasteiger partial charge in [-0.25, -0.2) is 0 Å². The van der Waals surface area contributed by atoms with Gasteiger partial charge in [-0.05, 0) is 27.7 Å². The normalized spacial score (nSPS) is 16.5. The zero-order valence-electron chi connectivity index (χ0n) is 19.5. The molecule has 0 aliphatic rings. The van der Waals surface area contributed by atoms with Crippen LogP contribution >= 0.6 is 0 Å². The van der Waals surface area contributed by atoms with Crippen LogP contribution in [0.3, 0.4) is 0 Å². The van der Waals surface area contributed by atoms with Crippen LogP contribution in [0.2, 0.25) is 0 Å². The van der Waals surface area contributed by atoms with Gasteiger partial charge in [0, 0.05) is 0 Å². The van der Waals surface area contributed by atoms with Crippen molar-refractivity contribution in [2.24, 2.45) is 0 Å². The lowest BCUT2D eigenvalue weighted by Crippen LogP contribution is -2.33. The van der Waals surface area contributed by atoms with E-state index in [0.717, 1.165) is 0 Å². The molecule has 256 valence electrons. The third kappa shape index (κ3) is 24.0. The molecular weight excluding hydrogens is 704 g/mol. The average Bonchev–Trinajstić information content (AvgIpc) is 2.61. The summed E-state index contributed by atoms with van der Waals surface area (Å²) >= 11 is 0. The quantitative estimate of drug-likeness (QED) is 0.239. The topological polar surface area (TPSA) is 217 Å². The molecule has 0 aliphatic carbocycles. The predicted octanol–water partition coefficient (Wildman–Crippen LogP) is 3.94. The summed E-state index contributed by atoms with van der Waals surface area (Å²) in [5.41, 5.74) is 0. The van der Waals surface area contributed by atoms with E-state index in [1.807, 2.05) is 0 Å². The van der Waals surface area contributed by atoms with Crippen LogP contribution < -0.4 is 0 Å². The lowest BCUT2D eigenvalue weighted by molar-refractivity contribution is -0.129. The molecule has 0 bridgehead atoms. The van der Waals surface area contributed by atoms with E-state index in [1.54, 1.807) is 0 Å². The number of hydrogen-bond donors (Lipinski definition) is 4. The number of rotatable bonds is 4. The summed E-state index contributed by atoms with van der Waals surface area (Å²) in [5.74, 6) is 0. The van der Waals surface area contributed by atoms with Crippen LogP contribution in [-0.4, -0.2) is 97.6 Å². The van der Waals surface area contributed by atoms with Crippen molar-refractivity contribution in [3.05, 3.63) is 0 Å². The molecule has 0 aromatic heterocycles. The molecule has 0 fully saturated rings. The van der Waals surface area contributed by atoms with Crippen molar-refractivity contribution in [1.82, 2.24) is 0 Å². The highest BCUT2D eigenvalue weighted by Crippen LogP contribution is 2.26. The maximum absolute atomic E-state index is 11.4. The second kappa shape index (κ2) is 16.0. The Balaban J connectivity index is -0.000000139. The molecule has 12 nitrogen and oxygen atoms in total. The second-order valence-corrected chi connectivity index (χ2v) is 13.7. The highest BCUT2D eigenvalue weighted by Gasteiger charge is 2.46. The van der Waals surface area contributed by atoms with Crippen molar-refractivity contribution in [2.45, 2.75) is 80.8 Å². The molecule has 0 amide bonds. The first kappa shape index (κ1) is 49.5. The van der Waals surface area contributed by atoms with Gasteiger partial charge in [-0.3, -0.25) is 18.2 Å². The van der Waals surface area contributed by atoms with Gasteiger partial charge in [0.25, 0.3) is 40.5 Å². The van der Waals surface area contributed by atoms with Crippen molar-refractivity contribution in [1.29, 1.82) is 0 Å². The highest BCUT2D eigenvalue weighted by molar-refractivity contribution is 7.87. The van der Waals surface area contributed by atoms with Crippen LogP contribution in [0.1, 0.15) is 35.1 Å². The summed E-state index contributed by atoms with van der Waals surface area (Å²) in [6.45, 7) is 1.48. The Labute approximate surface area is 226 Å². The molecule has 0 aromatic rings. The van der Waals surface area contributed by atoms with Crippen molar-refractivity contribution in [2.75, 3.05) is 0 Å². The molecule has 41 heavy (non-hydrogen) atoms. The second-order valence-electron chi connectivity index (χ2n) is 6.80. The van der Waals surface area contributed by atoms with E-state index in [-0.39, 0.29) is 7.43 Å². The average molecular weight is 729 g/mol. The molecule has 0 heterocycles. The Kier molecular flexibility index (Phi) is 19.3. The van der Waals surface area contributed by atoms with Gasteiger partial charge in [0.2, 0.25) is 0 Å². The predicted molar refractivity (Wildman–Crippen MR) is 115 cm³/mol. The number of hydrogen-bond acceptors (Lipinski definition) is 8. The van der Waals surface area contributed by atoms with Crippen LogP contribution in [0.4, 0.5) is 52.7 Å². The molecule has 0 aliphatic heterocycles. The fraction of sp³-hybridized carbons (Fsp3) is 1.00. The largest absolute Gasteiger partial charge is 0.407 e. The first-order chi connectivity index (χ1) is 16.6. The van der Waals surface area contributed by atoms with Gasteiger partial charge in [0.05, 0.1) is 0 Å². The van der Waals surface area contributed by atoms with E-state index in [9.17, 15) is 86.4 Å². The maximum Gasteiger partial charge on any atom is 0.407 e. The van der Waals surface area contributed by atoms with Gasteiger partial charge < -0.3 is 0 Å². The summed E-state index contributed by atoms with van der Waals surface area (Å²) in [5, 5.41) is -10.8. The molecule has 0 radical (unpaired) electrons. The molecule has 4 atom stereocenters. The van der Waals surface area contributed by atoms with Crippen LogP contribution in [0.15, 0.2) is 0 Å².